The molecule has 1 aromatic rings. The number of nitrogens with one attached hydrogen (secondary N) is 1. The van der Waals surface area contributed by atoms with Gasteiger partial charge in [0.15, 0.2) is 0 Å². The van der Waals surface area contributed by atoms with Gasteiger partial charge in [-0.1, -0.05) is 26.2 Å². The first-order chi connectivity index (χ1) is 8.72. The molecule has 0 amide bonds. The SMILES string of the molecule is CCC1CCCC(Nc2ccc(F)c(C#N)c2)C1. The van der Waals surface area contributed by atoms with Crippen molar-refractivity contribution in [2.45, 2.75) is 45.1 Å². The maximum Gasteiger partial charge on any atom is 0.141 e. The molecule has 1 N–H and O–H groups in total. The molecule has 2 atom stereocenters. The van der Waals surface area contributed by atoms with Gasteiger partial charge < -0.3 is 5.32 Å². The van der Waals surface area contributed by atoms with Gasteiger partial charge in [0.05, 0.1) is 5.56 Å². The Hall–Kier alpha value is -1.56. The van der Waals surface area contributed by atoms with Gasteiger partial charge in [-0.15, -0.1) is 0 Å². The quantitative estimate of drug-likeness (QED) is 0.872. The van der Waals surface area contributed by atoms with E-state index >= 15 is 0 Å². The first-order valence-corrected chi connectivity index (χ1v) is 6.69. The van der Waals surface area contributed by atoms with Crippen molar-refractivity contribution < 1.29 is 4.39 Å². The summed E-state index contributed by atoms with van der Waals surface area (Å²) in [6.45, 7) is 2.23. The first kappa shape index (κ1) is 12.9. The standard InChI is InChI=1S/C15H19FN2/c1-2-11-4-3-5-13(8-11)18-14-6-7-15(16)12(9-14)10-17/h6-7,9,11,13,18H,2-5,8H2,1H3. The van der Waals surface area contributed by atoms with Crippen LogP contribution in [-0.2, 0) is 0 Å². The third-order valence-electron chi connectivity index (χ3n) is 3.82. The van der Waals surface area contributed by atoms with Crippen molar-refractivity contribution in [3.63, 3.8) is 0 Å². The van der Waals surface area contributed by atoms with Crippen LogP contribution in [0.25, 0.3) is 0 Å². The predicted molar refractivity (Wildman–Crippen MR) is 70.8 cm³/mol. The van der Waals surface area contributed by atoms with Crippen molar-refractivity contribution in [2.24, 2.45) is 5.92 Å². The Morgan fingerprint density at radius 1 is 1.44 bits per heavy atom. The fourth-order valence-corrected chi connectivity index (χ4v) is 2.73. The summed E-state index contributed by atoms with van der Waals surface area (Å²) in [5.74, 6) is 0.352. The molecule has 0 bridgehead atoms. The Morgan fingerprint density at radius 3 is 3.00 bits per heavy atom. The number of nitriles is 1. The fourth-order valence-electron chi connectivity index (χ4n) is 2.73. The monoisotopic (exact) mass is 246 g/mol. The fraction of sp³-hybridized carbons (Fsp3) is 0.533. The van der Waals surface area contributed by atoms with Crippen molar-refractivity contribution in [2.75, 3.05) is 5.32 Å². The number of benzene rings is 1. The summed E-state index contributed by atoms with van der Waals surface area (Å²) in [4.78, 5) is 0. The van der Waals surface area contributed by atoms with Crippen molar-refractivity contribution in [1.29, 1.82) is 5.26 Å². The van der Waals surface area contributed by atoms with Crippen molar-refractivity contribution in [3.8, 4) is 6.07 Å². The normalized spacial score (nSPS) is 23.4. The van der Waals surface area contributed by atoms with E-state index in [1.165, 1.54) is 31.7 Å². The van der Waals surface area contributed by atoms with Crippen LogP contribution >= 0.6 is 0 Å². The highest BCUT2D eigenvalue weighted by Gasteiger charge is 2.20. The molecule has 1 saturated carbocycles. The number of halogens is 1. The van der Waals surface area contributed by atoms with Gasteiger partial charge in [-0.25, -0.2) is 4.39 Å². The van der Waals surface area contributed by atoms with Crippen molar-refractivity contribution in [1.82, 2.24) is 0 Å². The second kappa shape index (κ2) is 5.86. The summed E-state index contributed by atoms with van der Waals surface area (Å²) in [6.07, 6.45) is 6.14. The van der Waals surface area contributed by atoms with Gasteiger partial charge in [0.2, 0.25) is 0 Å². The minimum atomic E-state index is -0.446. The molecule has 1 aromatic carbocycles. The van der Waals surface area contributed by atoms with Crippen LogP contribution in [0.2, 0.25) is 0 Å². The smallest absolute Gasteiger partial charge is 0.141 e. The van der Waals surface area contributed by atoms with Crippen LogP contribution in [0, 0.1) is 23.1 Å². The molecule has 0 aromatic heterocycles. The molecule has 0 radical (unpaired) electrons. The Morgan fingerprint density at radius 2 is 2.28 bits per heavy atom. The molecule has 1 fully saturated rings. The van der Waals surface area contributed by atoms with E-state index in [1.54, 1.807) is 12.1 Å². The molecule has 18 heavy (non-hydrogen) atoms. The average molecular weight is 246 g/mol. The topological polar surface area (TPSA) is 35.8 Å². The van der Waals surface area contributed by atoms with Gasteiger partial charge in [-0.2, -0.15) is 5.26 Å². The van der Waals surface area contributed by atoms with Crippen molar-refractivity contribution >= 4 is 5.69 Å². The van der Waals surface area contributed by atoms with Gasteiger partial charge in [0.25, 0.3) is 0 Å². The second-order valence-electron chi connectivity index (χ2n) is 5.09. The van der Waals surface area contributed by atoms with Crippen LogP contribution in [0.3, 0.4) is 0 Å². The number of anilines is 1. The Bertz CT molecular complexity index is 450. The van der Waals surface area contributed by atoms with Gasteiger partial charge >= 0.3 is 0 Å². The summed E-state index contributed by atoms with van der Waals surface area (Å²) in [7, 11) is 0. The third-order valence-corrected chi connectivity index (χ3v) is 3.82. The van der Waals surface area contributed by atoms with E-state index < -0.39 is 5.82 Å². The summed E-state index contributed by atoms with van der Waals surface area (Å²) in [5, 5.41) is 12.2. The minimum absolute atomic E-state index is 0.114. The summed E-state index contributed by atoms with van der Waals surface area (Å²) in [6, 6.07) is 7.02. The van der Waals surface area contributed by atoms with Gasteiger partial charge in [-0.3, -0.25) is 0 Å². The lowest BCUT2D eigenvalue weighted by atomic mass is 9.84. The molecule has 96 valence electrons. The lowest BCUT2D eigenvalue weighted by Crippen LogP contribution is -2.27. The van der Waals surface area contributed by atoms with E-state index in [-0.39, 0.29) is 5.56 Å². The lowest BCUT2D eigenvalue weighted by Gasteiger charge is -2.29. The maximum atomic E-state index is 13.2. The highest BCUT2D eigenvalue weighted by Crippen LogP contribution is 2.29. The van der Waals surface area contributed by atoms with Crippen LogP contribution in [0.4, 0.5) is 10.1 Å². The predicted octanol–water partition coefficient (Wildman–Crippen LogP) is 4.08. The molecule has 0 spiro atoms. The average Bonchev–Trinajstić information content (AvgIpc) is 2.41. The molecular weight excluding hydrogens is 227 g/mol. The summed E-state index contributed by atoms with van der Waals surface area (Å²) >= 11 is 0. The summed E-state index contributed by atoms with van der Waals surface area (Å²) in [5.41, 5.74) is 0.970. The van der Waals surface area contributed by atoms with E-state index in [4.69, 9.17) is 5.26 Å². The zero-order valence-corrected chi connectivity index (χ0v) is 10.7. The molecule has 3 heteroatoms. The van der Waals surface area contributed by atoms with E-state index in [1.807, 2.05) is 6.07 Å². The number of nitrogens with zero attached hydrogens (tertiary/aromatic N) is 1. The maximum absolute atomic E-state index is 13.2. The third kappa shape index (κ3) is 3.01. The van der Waals surface area contributed by atoms with E-state index in [9.17, 15) is 4.39 Å². The van der Waals surface area contributed by atoms with E-state index in [2.05, 4.69) is 12.2 Å². The van der Waals surface area contributed by atoms with Crippen LogP contribution in [0.1, 0.15) is 44.6 Å². The Labute approximate surface area is 108 Å². The Kier molecular flexibility index (Phi) is 4.19. The highest BCUT2D eigenvalue weighted by molar-refractivity contribution is 5.50. The second-order valence-corrected chi connectivity index (χ2v) is 5.09. The van der Waals surface area contributed by atoms with Crippen molar-refractivity contribution in [3.05, 3.63) is 29.6 Å². The molecule has 0 saturated heterocycles. The molecule has 2 rings (SSSR count). The molecule has 1 aliphatic rings. The largest absolute Gasteiger partial charge is 0.382 e. The van der Waals surface area contributed by atoms with Crippen LogP contribution in [0.15, 0.2) is 18.2 Å². The molecular formula is C15H19FN2. The number of hydrogen-bond acceptors (Lipinski definition) is 2. The molecule has 0 aliphatic heterocycles. The van der Waals surface area contributed by atoms with E-state index in [0.29, 0.717) is 6.04 Å². The lowest BCUT2D eigenvalue weighted by molar-refractivity contribution is 0.327. The first-order valence-electron chi connectivity index (χ1n) is 6.69. The van der Waals surface area contributed by atoms with Crippen LogP contribution in [0.5, 0.6) is 0 Å². The molecule has 1 aliphatic carbocycles. The minimum Gasteiger partial charge on any atom is -0.382 e. The molecule has 2 nitrogen and oxygen atoms in total. The Balaban J connectivity index is 2.03. The summed E-state index contributed by atoms with van der Waals surface area (Å²) < 4.78 is 13.2. The zero-order valence-electron chi connectivity index (χ0n) is 10.7. The van der Waals surface area contributed by atoms with Crippen LogP contribution < -0.4 is 5.32 Å². The molecule has 2 unspecified atom stereocenters. The van der Waals surface area contributed by atoms with E-state index in [0.717, 1.165) is 18.0 Å². The highest BCUT2D eigenvalue weighted by atomic mass is 19.1. The number of hydrogen-bond donors (Lipinski definition) is 1. The molecule has 0 heterocycles. The van der Waals surface area contributed by atoms with Gasteiger partial charge in [0, 0.05) is 11.7 Å². The number of rotatable bonds is 3. The van der Waals surface area contributed by atoms with Crippen LogP contribution in [-0.4, -0.2) is 6.04 Å². The zero-order chi connectivity index (χ0) is 13.0. The van der Waals surface area contributed by atoms with Gasteiger partial charge in [-0.05, 0) is 37.0 Å². The van der Waals surface area contributed by atoms with Gasteiger partial charge in [0.1, 0.15) is 11.9 Å².